The van der Waals surface area contributed by atoms with E-state index < -0.39 is 10.0 Å². The lowest BCUT2D eigenvalue weighted by Crippen LogP contribution is -2.36. The van der Waals surface area contributed by atoms with E-state index in [9.17, 15) is 13.2 Å². The molecule has 2 aromatic carbocycles. The zero-order valence-corrected chi connectivity index (χ0v) is 19.6. The normalized spacial score (nSPS) is 15.3. The van der Waals surface area contributed by atoms with Gasteiger partial charge in [-0.25, -0.2) is 12.7 Å². The molecule has 32 heavy (non-hydrogen) atoms. The molecule has 4 rings (SSSR count). The Morgan fingerprint density at radius 2 is 1.66 bits per heavy atom. The number of hydrogen-bond donors (Lipinski definition) is 0. The number of ether oxygens (including phenoxy) is 1. The summed E-state index contributed by atoms with van der Waals surface area (Å²) in [5.41, 5.74) is 2.05. The first-order valence-electron chi connectivity index (χ1n) is 10.5. The van der Waals surface area contributed by atoms with E-state index >= 15 is 0 Å². The monoisotopic (exact) mass is 470 g/mol. The van der Waals surface area contributed by atoms with Crippen LogP contribution in [0.3, 0.4) is 0 Å². The van der Waals surface area contributed by atoms with Crippen molar-refractivity contribution < 1.29 is 17.9 Å². The zero-order chi connectivity index (χ0) is 22.6. The molecule has 0 radical (unpaired) electrons. The van der Waals surface area contributed by atoms with Crippen LogP contribution in [-0.4, -0.2) is 56.0 Å². The minimum atomic E-state index is -3.27. The Balaban J connectivity index is 1.59. The summed E-state index contributed by atoms with van der Waals surface area (Å²) in [6.07, 6.45) is 1.82. The van der Waals surface area contributed by atoms with Gasteiger partial charge >= 0.3 is 0 Å². The Morgan fingerprint density at radius 1 is 0.969 bits per heavy atom. The summed E-state index contributed by atoms with van der Waals surface area (Å²) in [5.74, 6) is 0.447. The van der Waals surface area contributed by atoms with Gasteiger partial charge in [-0.3, -0.25) is 4.79 Å². The number of benzene rings is 2. The van der Waals surface area contributed by atoms with E-state index in [1.165, 1.54) is 21.9 Å². The summed E-state index contributed by atoms with van der Waals surface area (Å²) in [4.78, 5) is 16.7. The maximum absolute atomic E-state index is 13.5. The molecule has 8 heteroatoms. The highest BCUT2D eigenvalue weighted by Crippen LogP contribution is 2.37. The highest BCUT2D eigenvalue weighted by molar-refractivity contribution is 7.88. The number of carbonyl (C=O) groups is 1. The molecule has 1 aliphatic rings. The van der Waals surface area contributed by atoms with Gasteiger partial charge in [0.25, 0.3) is 5.91 Å². The molecule has 1 saturated heterocycles. The maximum atomic E-state index is 13.5. The van der Waals surface area contributed by atoms with Crippen LogP contribution in [0.15, 0.2) is 66.7 Å². The Bertz CT molecular complexity index is 1160. The largest absolute Gasteiger partial charge is 0.487 e. The number of nitrogens with zero attached hydrogens (tertiary/aromatic N) is 2. The molecule has 0 aliphatic carbocycles. The number of hydrogen-bond acceptors (Lipinski definition) is 5. The molecule has 0 bridgehead atoms. The maximum Gasteiger partial charge on any atom is 0.267 e. The van der Waals surface area contributed by atoms with E-state index in [2.05, 4.69) is 0 Å². The standard InChI is InChI=1S/C24H26N2O4S2/c1-32(28,29)26-14-8-13-25(15-16-26)24(27)23-21(30-18-19-9-4-2-5-10-19)17-22(31-23)20-11-6-3-7-12-20/h2-7,9-12,17H,8,13-16,18H2,1H3. The average molecular weight is 471 g/mol. The second-order valence-electron chi connectivity index (χ2n) is 7.75. The fourth-order valence-corrected chi connectivity index (χ4v) is 5.63. The predicted molar refractivity (Wildman–Crippen MR) is 127 cm³/mol. The molecular weight excluding hydrogens is 444 g/mol. The van der Waals surface area contributed by atoms with Gasteiger partial charge in [-0.05, 0) is 23.6 Å². The SMILES string of the molecule is CS(=O)(=O)N1CCCN(C(=O)c2sc(-c3ccccc3)cc2OCc2ccccc2)CC1. The van der Waals surface area contributed by atoms with Crippen molar-refractivity contribution in [3.05, 3.63) is 77.2 Å². The first-order chi connectivity index (χ1) is 15.4. The Morgan fingerprint density at radius 3 is 2.34 bits per heavy atom. The lowest BCUT2D eigenvalue weighted by molar-refractivity contribution is 0.0764. The Labute approximate surface area is 193 Å². The van der Waals surface area contributed by atoms with Crippen molar-refractivity contribution in [2.45, 2.75) is 13.0 Å². The predicted octanol–water partition coefficient (Wildman–Crippen LogP) is 4.10. The quantitative estimate of drug-likeness (QED) is 0.544. The second-order valence-corrected chi connectivity index (χ2v) is 10.8. The first-order valence-corrected chi connectivity index (χ1v) is 13.2. The summed E-state index contributed by atoms with van der Waals surface area (Å²) in [7, 11) is -3.27. The third-order valence-corrected chi connectivity index (χ3v) is 7.86. The Kier molecular flexibility index (Phi) is 6.93. The van der Waals surface area contributed by atoms with Crippen LogP contribution in [-0.2, 0) is 16.6 Å². The summed E-state index contributed by atoms with van der Waals surface area (Å²) in [5, 5.41) is 0. The third kappa shape index (κ3) is 5.38. The highest BCUT2D eigenvalue weighted by atomic mass is 32.2. The lowest BCUT2D eigenvalue weighted by Gasteiger charge is -2.21. The molecule has 2 heterocycles. The smallest absolute Gasteiger partial charge is 0.267 e. The molecule has 0 N–H and O–H groups in total. The molecule has 0 spiro atoms. The van der Waals surface area contributed by atoms with Crippen molar-refractivity contribution in [2.24, 2.45) is 0 Å². The summed E-state index contributed by atoms with van der Waals surface area (Å²) >= 11 is 1.41. The molecular formula is C24H26N2O4S2. The van der Waals surface area contributed by atoms with Gasteiger partial charge in [0, 0.05) is 31.1 Å². The van der Waals surface area contributed by atoms with Gasteiger partial charge in [0.15, 0.2) is 0 Å². The second kappa shape index (κ2) is 9.85. The van der Waals surface area contributed by atoms with E-state index in [0.717, 1.165) is 16.0 Å². The minimum Gasteiger partial charge on any atom is -0.487 e. The van der Waals surface area contributed by atoms with E-state index in [-0.39, 0.29) is 5.91 Å². The van der Waals surface area contributed by atoms with Gasteiger partial charge in [-0.1, -0.05) is 60.7 Å². The van der Waals surface area contributed by atoms with Crippen molar-refractivity contribution in [1.82, 2.24) is 9.21 Å². The van der Waals surface area contributed by atoms with E-state index in [1.54, 1.807) is 4.90 Å². The number of sulfonamides is 1. The van der Waals surface area contributed by atoms with Gasteiger partial charge in [-0.2, -0.15) is 0 Å². The van der Waals surface area contributed by atoms with Crippen molar-refractivity contribution in [2.75, 3.05) is 32.4 Å². The molecule has 0 saturated carbocycles. The number of carbonyl (C=O) groups excluding carboxylic acids is 1. The van der Waals surface area contributed by atoms with Crippen LogP contribution in [0.5, 0.6) is 5.75 Å². The molecule has 1 aromatic heterocycles. The summed E-state index contributed by atoms with van der Waals surface area (Å²) in [6.45, 7) is 1.99. The van der Waals surface area contributed by atoms with Crippen LogP contribution >= 0.6 is 11.3 Å². The van der Waals surface area contributed by atoms with Crippen LogP contribution in [0.1, 0.15) is 21.7 Å². The minimum absolute atomic E-state index is 0.115. The summed E-state index contributed by atoms with van der Waals surface area (Å²) in [6, 6.07) is 21.7. The molecule has 168 valence electrons. The van der Waals surface area contributed by atoms with E-state index in [4.69, 9.17) is 4.74 Å². The molecule has 0 atom stereocenters. The number of rotatable bonds is 6. The fraction of sp³-hybridized carbons (Fsp3) is 0.292. The molecule has 3 aromatic rings. The van der Waals surface area contributed by atoms with Crippen molar-refractivity contribution >= 4 is 27.3 Å². The lowest BCUT2D eigenvalue weighted by atomic mass is 10.2. The van der Waals surface area contributed by atoms with Crippen molar-refractivity contribution in [3.63, 3.8) is 0 Å². The molecule has 0 unspecified atom stereocenters. The molecule has 6 nitrogen and oxygen atoms in total. The van der Waals surface area contributed by atoms with Gasteiger partial charge in [0.2, 0.25) is 10.0 Å². The average Bonchev–Trinajstić information content (AvgIpc) is 3.05. The zero-order valence-electron chi connectivity index (χ0n) is 17.9. The summed E-state index contributed by atoms with van der Waals surface area (Å²) < 4.78 is 31.4. The van der Waals surface area contributed by atoms with Crippen LogP contribution < -0.4 is 4.74 Å². The van der Waals surface area contributed by atoms with Crippen molar-refractivity contribution in [1.29, 1.82) is 0 Å². The number of thiophene rings is 1. The Hall–Kier alpha value is -2.68. The molecule has 1 fully saturated rings. The van der Waals surface area contributed by atoms with Gasteiger partial charge < -0.3 is 9.64 Å². The number of amides is 1. The van der Waals surface area contributed by atoms with E-state index in [1.807, 2.05) is 66.7 Å². The van der Waals surface area contributed by atoms with Crippen LogP contribution in [0, 0.1) is 0 Å². The highest BCUT2D eigenvalue weighted by Gasteiger charge is 2.28. The molecule has 1 amide bonds. The van der Waals surface area contributed by atoms with Crippen LogP contribution in [0.2, 0.25) is 0 Å². The van der Waals surface area contributed by atoms with Crippen LogP contribution in [0.25, 0.3) is 10.4 Å². The first kappa shape index (κ1) is 22.5. The van der Waals surface area contributed by atoms with Crippen LogP contribution in [0.4, 0.5) is 0 Å². The van der Waals surface area contributed by atoms with E-state index in [0.29, 0.717) is 49.8 Å². The van der Waals surface area contributed by atoms with Gasteiger partial charge in [0.1, 0.15) is 17.2 Å². The fourth-order valence-electron chi connectivity index (χ4n) is 3.68. The third-order valence-electron chi connectivity index (χ3n) is 5.40. The van der Waals surface area contributed by atoms with Gasteiger partial charge in [0.05, 0.1) is 6.26 Å². The topological polar surface area (TPSA) is 66.9 Å². The van der Waals surface area contributed by atoms with Gasteiger partial charge in [-0.15, -0.1) is 11.3 Å². The molecule has 1 aliphatic heterocycles. The van der Waals surface area contributed by atoms with Crippen molar-refractivity contribution in [3.8, 4) is 16.2 Å².